The molecule has 3 nitrogen and oxygen atoms in total. The van der Waals surface area contributed by atoms with E-state index in [4.69, 9.17) is 4.74 Å². The predicted molar refractivity (Wildman–Crippen MR) is 60.3 cm³/mol. The second kappa shape index (κ2) is 6.92. The molecule has 0 amide bonds. The van der Waals surface area contributed by atoms with E-state index in [0.717, 1.165) is 30.8 Å². The molecule has 0 N–H and O–H groups in total. The lowest BCUT2D eigenvalue weighted by Gasteiger charge is -2.21. The van der Waals surface area contributed by atoms with Crippen molar-refractivity contribution in [1.29, 1.82) is 0 Å². The van der Waals surface area contributed by atoms with E-state index in [0.29, 0.717) is 0 Å². The topological polar surface area (TPSA) is 25.4 Å². The fourth-order valence-corrected chi connectivity index (χ4v) is 1.27. The summed E-state index contributed by atoms with van der Waals surface area (Å²) in [4.78, 5) is 6.10. The Balaban J connectivity index is 0.000000140. The molecular weight excluding hydrogens is 244 g/mol. The minimum atomic E-state index is 0.913. The molecule has 1 aromatic rings. The van der Waals surface area contributed by atoms with Crippen LogP contribution in [0.5, 0.6) is 0 Å². The van der Waals surface area contributed by atoms with Crippen LogP contribution < -0.4 is 0 Å². The molecule has 14 heavy (non-hydrogen) atoms. The van der Waals surface area contributed by atoms with Gasteiger partial charge in [-0.1, -0.05) is 0 Å². The van der Waals surface area contributed by atoms with Crippen LogP contribution in [0.1, 0.15) is 0 Å². The van der Waals surface area contributed by atoms with Gasteiger partial charge < -0.3 is 9.64 Å². The molecule has 4 heteroatoms. The lowest BCUT2D eigenvalue weighted by molar-refractivity contribution is 0.0503. The molecule has 0 aromatic carbocycles. The van der Waals surface area contributed by atoms with E-state index in [1.807, 2.05) is 12.1 Å². The van der Waals surface area contributed by atoms with Gasteiger partial charge in [-0.15, -0.1) is 0 Å². The van der Waals surface area contributed by atoms with Crippen LogP contribution in [0.2, 0.25) is 0 Å². The van der Waals surface area contributed by atoms with E-state index in [1.54, 1.807) is 12.4 Å². The number of aromatic nitrogens is 1. The average molecular weight is 259 g/mol. The van der Waals surface area contributed by atoms with Crippen LogP contribution in [0, 0.1) is 0 Å². The molecular formula is C10H15BrN2O. The average Bonchev–Trinajstić information content (AvgIpc) is 2.21. The first-order chi connectivity index (χ1) is 6.79. The van der Waals surface area contributed by atoms with Crippen LogP contribution in [0.4, 0.5) is 0 Å². The lowest BCUT2D eigenvalue weighted by Crippen LogP contribution is -2.32. The SMILES string of the molecule is Brc1cccnc1.CN1CCOCC1. The summed E-state index contributed by atoms with van der Waals surface area (Å²) >= 11 is 3.25. The largest absolute Gasteiger partial charge is 0.379 e. The van der Waals surface area contributed by atoms with Crippen LogP contribution in [0.15, 0.2) is 29.0 Å². The van der Waals surface area contributed by atoms with E-state index in [1.165, 1.54) is 0 Å². The van der Waals surface area contributed by atoms with Crippen molar-refractivity contribution < 1.29 is 4.74 Å². The van der Waals surface area contributed by atoms with Gasteiger partial charge >= 0.3 is 0 Å². The number of hydrogen-bond acceptors (Lipinski definition) is 3. The monoisotopic (exact) mass is 258 g/mol. The Bertz CT molecular complexity index is 237. The van der Waals surface area contributed by atoms with Crippen molar-refractivity contribution in [1.82, 2.24) is 9.88 Å². The van der Waals surface area contributed by atoms with Gasteiger partial charge in [-0.2, -0.15) is 0 Å². The number of ether oxygens (including phenoxy) is 1. The molecule has 1 aliphatic heterocycles. The van der Waals surface area contributed by atoms with Gasteiger partial charge in [0.15, 0.2) is 0 Å². The second-order valence-corrected chi connectivity index (χ2v) is 4.00. The Morgan fingerprint density at radius 2 is 2.14 bits per heavy atom. The molecule has 0 spiro atoms. The van der Waals surface area contributed by atoms with E-state index in [9.17, 15) is 0 Å². The molecule has 1 fully saturated rings. The zero-order valence-corrected chi connectivity index (χ0v) is 9.90. The number of pyridine rings is 1. The van der Waals surface area contributed by atoms with Crippen LogP contribution in [0.25, 0.3) is 0 Å². The van der Waals surface area contributed by atoms with Crippen molar-refractivity contribution in [3.63, 3.8) is 0 Å². The van der Waals surface area contributed by atoms with Gasteiger partial charge in [0.1, 0.15) is 0 Å². The fraction of sp³-hybridized carbons (Fsp3) is 0.500. The van der Waals surface area contributed by atoms with E-state index in [-0.39, 0.29) is 0 Å². The summed E-state index contributed by atoms with van der Waals surface area (Å²) in [5.41, 5.74) is 0. The number of morpholine rings is 1. The number of halogens is 1. The number of nitrogens with zero attached hydrogens (tertiary/aromatic N) is 2. The van der Waals surface area contributed by atoms with Crippen molar-refractivity contribution in [3.8, 4) is 0 Å². The highest BCUT2D eigenvalue weighted by Gasteiger charge is 2.02. The molecule has 78 valence electrons. The summed E-state index contributed by atoms with van der Waals surface area (Å²) in [5, 5.41) is 0. The third-order valence-corrected chi connectivity index (χ3v) is 2.33. The first-order valence-electron chi connectivity index (χ1n) is 4.61. The Morgan fingerprint density at radius 1 is 1.43 bits per heavy atom. The highest BCUT2D eigenvalue weighted by atomic mass is 79.9. The molecule has 2 heterocycles. The maximum absolute atomic E-state index is 5.10. The van der Waals surface area contributed by atoms with Gasteiger partial charge in [0.05, 0.1) is 13.2 Å². The predicted octanol–water partition coefficient (Wildman–Crippen LogP) is 1.79. The third kappa shape index (κ3) is 5.32. The Kier molecular flexibility index (Phi) is 5.75. The second-order valence-electron chi connectivity index (χ2n) is 3.09. The van der Waals surface area contributed by atoms with Gasteiger partial charge in [0.25, 0.3) is 0 Å². The van der Waals surface area contributed by atoms with Gasteiger partial charge in [-0.3, -0.25) is 4.98 Å². The maximum atomic E-state index is 5.10. The van der Waals surface area contributed by atoms with Gasteiger partial charge in [-0.05, 0) is 35.1 Å². The number of rotatable bonds is 0. The zero-order chi connectivity index (χ0) is 10.2. The minimum absolute atomic E-state index is 0.913. The van der Waals surface area contributed by atoms with Crippen LogP contribution in [0.3, 0.4) is 0 Å². The standard InChI is InChI=1S/C5H4BrN.C5H11NO/c6-5-2-1-3-7-4-5;1-6-2-4-7-5-3-6/h1-4H;2-5H2,1H3. The summed E-state index contributed by atoms with van der Waals surface area (Å²) < 4.78 is 6.12. The molecule has 0 saturated carbocycles. The minimum Gasteiger partial charge on any atom is -0.379 e. The van der Waals surface area contributed by atoms with Crippen molar-refractivity contribution in [3.05, 3.63) is 29.0 Å². The van der Waals surface area contributed by atoms with E-state index in [2.05, 4.69) is 32.9 Å². The molecule has 0 bridgehead atoms. The number of likely N-dealkylation sites (N-methyl/N-ethyl adjacent to an activating group) is 1. The molecule has 0 radical (unpaired) electrons. The molecule has 0 atom stereocenters. The number of hydrogen-bond donors (Lipinski definition) is 0. The zero-order valence-electron chi connectivity index (χ0n) is 8.32. The first kappa shape index (κ1) is 11.6. The van der Waals surface area contributed by atoms with Crippen LogP contribution >= 0.6 is 15.9 Å². The van der Waals surface area contributed by atoms with E-state index < -0.39 is 0 Å². The van der Waals surface area contributed by atoms with Crippen molar-refractivity contribution in [2.45, 2.75) is 0 Å². The van der Waals surface area contributed by atoms with E-state index >= 15 is 0 Å². The molecule has 2 rings (SSSR count). The summed E-state index contributed by atoms with van der Waals surface area (Å²) in [6, 6.07) is 3.82. The highest BCUT2D eigenvalue weighted by Crippen LogP contribution is 2.02. The quantitative estimate of drug-likeness (QED) is 0.710. The Morgan fingerprint density at radius 3 is 2.43 bits per heavy atom. The summed E-state index contributed by atoms with van der Waals surface area (Å²) in [5.74, 6) is 0. The normalized spacial score (nSPS) is 17.0. The summed E-state index contributed by atoms with van der Waals surface area (Å²) in [6.45, 7) is 4.02. The summed E-state index contributed by atoms with van der Waals surface area (Å²) in [7, 11) is 2.11. The summed E-state index contributed by atoms with van der Waals surface area (Å²) in [6.07, 6.45) is 3.49. The van der Waals surface area contributed by atoms with Crippen molar-refractivity contribution >= 4 is 15.9 Å². The highest BCUT2D eigenvalue weighted by molar-refractivity contribution is 9.10. The van der Waals surface area contributed by atoms with Crippen LogP contribution in [-0.4, -0.2) is 43.2 Å². The van der Waals surface area contributed by atoms with Crippen molar-refractivity contribution in [2.24, 2.45) is 0 Å². The van der Waals surface area contributed by atoms with Crippen LogP contribution in [-0.2, 0) is 4.74 Å². The fourth-order valence-electron chi connectivity index (χ4n) is 0.997. The molecule has 1 aromatic heterocycles. The molecule has 1 saturated heterocycles. The maximum Gasteiger partial charge on any atom is 0.0594 e. The van der Waals surface area contributed by atoms with Gasteiger partial charge in [0, 0.05) is 30.0 Å². The molecule has 0 unspecified atom stereocenters. The lowest BCUT2D eigenvalue weighted by atomic mass is 10.5. The molecule has 0 aliphatic carbocycles. The van der Waals surface area contributed by atoms with Gasteiger partial charge in [0.2, 0.25) is 0 Å². The Labute approximate surface area is 93.2 Å². The van der Waals surface area contributed by atoms with Gasteiger partial charge in [-0.25, -0.2) is 0 Å². The van der Waals surface area contributed by atoms with Crippen molar-refractivity contribution in [2.75, 3.05) is 33.4 Å². The first-order valence-corrected chi connectivity index (χ1v) is 5.40. The third-order valence-electron chi connectivity index (χ3n) is 1.86. The molecule has 1 aliphatic rings. The smallest absolute Gasteiger partial charge is 0.0594 e. The Hall–Kier alpha value is -0.450.